The molecule has 1 aromatic carbocycles. The standard InChI is InChI=1S/C24H26N4O2.H3N/c1-14-8-19(22(29)21-18(14)5-3-7-27-21)20(15-4-2-6-26-13-15)28-23(30)16-9-24(10-16)11-17(25)12-24;/h2-8,13,16-17,20,29H,9-12,25H2,1H3,(H,28,30);1H3. The number of nitrogens with two attached hydrogens (primary N) is 1. The van der Waals surface area contributed by atoms with E-state index in [2.05, 4.69) is 15.3 Å². The molecule has 2 aromatic heterocycles. The molecule has 2 saturated carbocycles. The lowest BCUT2D eigenvalue weighted by Gasteiger charge is -2.56. The van der Waals surface area contributed by atoms with Gasteiger partial charge in [-0.05, 0) is 67.3 Å². The maximum atomic E-state index is 13.1. The molecule has 2 fully saturated rings. The third-order valence-electron chi connectivity index (χ3n) is 6.84. The summed E-state index contributed by atoms with van der Waals surface area (Å²) in [6.07, 6.45) is 8.95. The lowest BCUT2D eigenvalue weighted by atomic mass is 9.50. The van der Waals surface area contributed by atoms with Crippen LogP contribution in [0.15, 0.2) is 48.9 Å². The Kier molecular flexibility index (Phi) is 5.41. The van der Waals surface area contributed by atoms with Gasteiger partial charge in [0.15, 0.2) is 0 Å². The number of phenolic OH excluding ortho intramolecular Hbond substituents is 1. The topological polar surface area (TPSA) is 136 Å². The van der Waals surface area contributed by atoms with Crippen molar-refractivity contribution >= 4 is 16.8 Å². The fraction of sp³-hybridized carbons (Fsp3) is 0.375. The van der Waals surface area contributed by atoms with E-state index in [1.165, 1.54) is 0 Å². The second-order valence-corrected chi connectivity index (χ2v) is 9.03. The van der Waals surface area contributed by atoms with Gasteiger partial charge in [0.05, 0.1) is 6.04 Å². The number of pyridine rings is 2. The first-order valence-corrected chi connectivity index (χ1v) is 10.5. The van der Waals surface area contributed by atoms with Crippen molar-refractivity contribution in [2.24, 2.45) is 17.1 Å². The van der Waals surface area contributed by atoms with Crippen molar-refractivity contribution in [3.05, 3.63) is 65.6 Å². The smallest absolute Gasteiger partial charge is 0.223 e. The Balaban J connectivity index is 0.00000231. The van der Waals surface area contributed by atoms with Crippen LogP contribution in [0.2, 0.25) is 0 Å². The molecule has 5 rings (SSSR count). The molecule has 1 amide bonds. The Bertz CT molecular complexity index is 1100. The van der Waals surface area contributed by atoms with Crippen molar-refractivity contribution in [1.29, 1.82) is 0 Å². The predicted octanol–water partition coefficient (Wildman–Crippen LogP) is 3.53. The van der Waals surface area contributed by atoms with Crippen molar-refractivity contribution in [2.75, 3.05) is 0 Å². The van der Waals surface area contributed by atoms with Crippen LogP contribution in [0.4, 0.5) is 0 Å². The summed E-state index contributed by atoms with van der Waals surface area (Å²) in [6, 6.07) is 9.29. The lowest BCUT2D eigenvalue weighted by molar-refractivity contribution is -0.138. The van der Waals surface area contributed by atoms with Crippen LogP contribution < -0.4 is 17.2 Å². The second kappa shape index (κ2) is 7.90. The fourth-order valence-corrected chi connectivity index (χ4v) is 5.35. The highest BCUT2D eigenvalue weighted by molar-refractivity contribution is 5.89. The van der Waals surface area contributed by atoms with Crippen LogP contribution in [0.3, 0.4) is 0 Å². The molecule has 2 aliphatic rings. The third kappa shape index (κ3) is 3.64. The summed E-state index contributed by atoms with van der Waals surface area (Å²) in [6.45, 7) is 1.99. The van der Waals surface area contributed by atoms with Gasteiger partial charge >= 0.3 is 0 Å². The van der Waals surface area contributed by atoms with Crippen molar-refractivity contribution in [3.63, 3.8) is 0 Å². The van der Waals surface area contributed by atoms with Crippen LogP contribution in [-0.2, 0) is 4.79 Å². The third-order valence-corrected chi connectivity index (χ3v) is 6.84. The molecule has 0 bridgehead atoms. The van der Waals surface area contributed by atoms with Gasteiger partial charge in [-0.3, -0.25) is 14.8 Å². The monoisotopic (exact) mass is 419 g/mol. The first-order valence-electron chi connectivity index (χ1n) is 10.5. The zero-order chi connectivity index (χ0) is 20.9. The average Bonchev–Trinajstić information content (AvgIpc) is 2.71. The molecule has 2 heterocycles. The molecular weight excluding hydrogens is 390 g/mol. The first-order chi connectivity index (χ1) is 14.5. The number of aryl methyl sites for hydroxylation is 1. The van der Waals surface area contributed by atoms with E-state index in [4.69, 9.17) is 5.73 Å². The van der Waals surface area contributed by atoms with E-state index in [1.54, 1.807) is 18.6 Å². The Morgan fingerprint density at radius 2 is 1.97 bits per heavy atom. The number of nitrogens with zero attached hydrogens (tertiary/aromatic N) is 2. The predicted molar refractivity (Wildman–Crippen MR) is 120 cm³/mol. The molecule has 1 spiro atoms. The Hall–Kier alpha value is -3.03. The molecule has 7 N–H and O–H groups in total. The molecule has 31 heavy (non-hydrogen) atoms. The largest absolute Gasteiger partial charge is 0.505 e. The molecule has 2 aliphatic carbocycles. The van der Waals surface area contributed by atoms with Crippen molar-refractivity contribution < 1.29 is 9.90 Å². The molecule has 7 nitrogen and oxygen atoms in total. The van der Waals surface area contributed by atoms with Gasteiger partial charge in [-0.2, -0.15) is 0 Å². The molecule has 0 aliphatic heterocycles. The van der Waals surface area contributed by atoms with Gasteiger partial charge in [0.1, 0.15) is 11.3 Å². The van der Waals surface area contributed by atoms with Crippen LogP contribution in [0.1, 0.15) is 48.4 Å². The second-order valence-electron chi connectivity index (χ2n) is 9.03. The van der Waals surface area contributed by atoms with E-state index in [0.717, 1.165) is 42.2 Å². The fourth-order valence-electron chi connectivity index (χ4n) is 5.35. The maximum Gasteiger partial charge on any atom is 0.223 e. The normalized spacial score (nSPS) is 25.2. The van der Waals surface area contributed by atoms with Crippen LogP contribution >= 0.6 is 0 Å². The Morgan fingerprint density at radius 1 is 1.23 bits per heavy atom. The summed E-state index contributed by atoms with van der Waals surface area (Å²) in [5, 5.41) is 15.1. The zero-order valence-electron chi connectivity index (χ0n) is 17.7. The summed E-state index contributed by atoms with van der Waals surface area (Å²) >= 11 is 0. The number of aromatic hydroxyl groups is 1. The number of aromatic nitrogens is 2. The molecular formula is C24H29N5O2. The highest BCUT2D eigenvalue weighted by Gasteiger charge is 2.53. The number of benzene rings is 1. The highest BCUT2D eigenvalue weighted by Crippen LogP contribution is 2.58. The van der Waals surface area contributed by atoms with Gasteiger partial charge < -0.3 is 22.3 Å². The summed E-state index contributed by atoms with van der Waals surface area (Å²) in [4.78, 5) is 21.7. The van der Waals surface area contributed by atoms with Crippen molar-refractivity contribution in [2.45, 2.75) is 44.7 Å². The van der Waals surface area contributed by atoms with Crippen LogP contribution in [0, 0.1) is 18.3 Å². The number of rotatable bonds is 4. The summed E-state index contributed by atoms with van der Waals surface area (Å²) in [5.74, 6) is 0.118. The number of hydrogen-bond acceptors (Lipinski definition) is 6. The van der Waals surface area contributed by atoms with E-state index in [0.29, 0.717) is 17.1 Å². The number of amides is 1. The number of fused-ring (bicyclic) bond motifs is 1. The summed E-state index contributed by atoms with van der Waals surface area (Å²) in [5.41, 5.74) is 9.25. The van der Waals surface area contributed by atoms with Crippen LogP contribution in [0.25, 0.3) is 10.9 Å². The lowest BCUT2D eigenvalue weighted by Crippen LogP contribution is -2.56. The molecule has 0 radical (unpaired) electrons. The highest BCUT2D eigenvalue weighted by atomic mass is 16.3. The van der Waals surface area contributed by atoms with E-state index in [-0.39, 0.29) is 29.1 Å². The van der Waals surface area contributed by atoms with E-state index < -0.39 is 6.04 Å². The van der Waals surface area contributed by atoms with Crippen molar-refractivity contribution in [3.8, 4) is 5.75 Å². The Labute approximate surface area is 181 Å². The molecule has 3 aromatic rings. The number of hydrogen-bond donors (Lipinski definition) is 4. The number of nitrogens with one attached hydrogen (secondary N) is 1. The molecule has 162 valence electrons. The average molecular weight is 420 g/mol. The summed E-state index contributed by atoms with van der Waals surface area (Å²) in [7, 11) is 0. The maximum absolute atomic E-state index is 13.1. The Morgan fingerprint density at radius 3 is 2.65 bits per heavy atom. The van der Waals surface area contributed by atoms with Crippen LogP contribution in [0.5, 0.6) is 5.75 Å². The van der Waals surface area contributed by atoms with Gasteiger partial charge in [-0.1, -0.05) is 12.1 Å². The minimum absolute atomic E-state index is 0. The molecule has 7 heteroatoms. The van der Waals surface area contributed by atoms with Gasteiger partial charge in [0.2, 0.25) is 5.91 Å². The van der Waals surface area contributed by atoms with E-state index in [1.807, 2.05) is 37.3 Å². The van der Waals surface area contributed by atoms with E-state index in [9.17, 15) is 9.90 Å². The van der Waals surface area contributed by atoms with Gasteiger partial charge in [-0.15, -0.1) is 0 Å². The SMILES string of the molecule is Cc1cc(C(NC(=O)C2CC3(CC(N)C3)C2)c2cccnc2)c(O)c2ncccc12.N. The zero-order valence-corrected chi connectivity index (χ0v) is 17.7. The number of carbonyl (C=O) groups is 1. The van der Waals surface area contributed by atoms with Gasteiger partial charge in [-0.25, -0.2) is 0 Å². The molecule has 1 unspecified atom stereocenters. The van der Waals surface area contributed by atoms with Gasteiger partial charge in [0, 0.05) is 41.5 Å². The molecule has 1 atom stereocenters. The minimum Gasteiger partial charge on any atom is -0.505 e. The quantitative estimate of drug-likeness (QED) is 0.511. The van der Waals surface area contributed by atoms with Crippen LogP contribution in [-0.4, -0.2) is 27.0 Å². The number of phenols is 1. The molecule has 0 saturated heterocycles. The van der Waals surface area contributed by atoms with E-state index >= 15 is 0 Å². The van der Waals surface area contributed by atoms with Gasteiger partial charge in [0.25, 0.3) is 0 Å². The first kappa shape index (κ1) is 21.2. The van der Waals surface area contributed by atoms with Crippen molar-refractivity contribution in [1.82, 2.24) is 21.4 Å². The minimum atomic E-state index is -0.489. The summed E-state index contributed by atoms with van der Waals surface area (Å²) < 4.78 is 0. The number of carbonyl (C=O) groups excluding carboxylic acids is 1.